The summed E-state index contributed by atoms with van der Waals surface area (Å²) < 4.78 is 51.0. The second-order valence-corrected chi connectivity index (χ2v) is 4.18. The van der Waals surface area contributed by atoms with Gasteiger partial charge in [0.05, 0.1) is 6.04 Å². The number of nitrogens with zero attached hydrogens (tertiary/aromatic N) is 4. The highest BCUT2D eigenvalue weighted by molar-refractivity contribution is 4.94. The summed E-state index contributed by atoms with van der Waals surface area (Å²) in [5.74, 6) is -0.732. The molecule has 0 saturated heterocycles. The van der Waals surface area contributed by atoms with E-state index in [9.17, 15) is 17.6 Å². The van der Waals surface area contributed by atoms with Crippen molar-refractivity contribution in [1.29, 1.82) is 0 Å². The summed E-state index contributed by atoms with van der Waals surface area (Å²) in [5.41, 5.74) is 0. The minimum Gasteiger partial charge on any atom is -0.229 e. The summed E-state index contributed by atoms with van der Waals surface area (Å²) in [6.07, 6.45) is -3.81. The monoisotopic (exact) mass is 252 g/mol. The Bertz CT molecular complexity index is 369. The van der Waals surface area contributed by atoms with Gasteiger partial charge < -0.3 is 0 Å². The number of halogens is 4. The quantitative estimate of drug-likeness (QED) is 0.760. The lowest BCUT2D eigenvalue weighted by Gasteiger charge is -2.23. The van der Waals surface area contributed by atoms with Crippen LogP contribution in [-0.4, -0.2) is 26.4 Å². The molecule has 1 aliphatic carbocycles. The number of hydrogen-bond acceptors (Lipinski definition) is 3. The van der Waals surface area contributed by atoms with Crippen LogP contribution >= 0.6 is 0 Å². The van der Waals surface area contributed by atoms with E-state index >= 15 is 0 Å². The van der Waals surface area contributed by atoms with Crippen LogP contribution in [0.3, 0.4) is 0 Å². The van der Waals surface area contributed by atoms with Crippen molar-refractivity contribution in [1.82, 2.24) is 20.2 Å². The minimum absolute atomic E-state index is 0.214. The molecule has 17 heavy (non-hydrogen) atoms. The van der Waals surface area contributed by atoms with Gasteiger partial charge in [-0.2, -0.15) is 13.2 Å². The Kier molecular flexibility index (Phi) is 3.30. The van der Waals surface area contributed by atoms with Gasteiger partial charge in [0.1, 0.15) is 0 Å². The van der Waals surface area contributed by atoms with Crippen LogP contribution in [0.2, 0.25) is 0 Å². The molecule has 0 N–H and O–H groups in total. The number of tetrazole rings is 1. The van der Waals surface area contributed by atoms with Crippen molar-refractivity contribution < 1.29 is 17.6 Å². The molecule has 1 aliphatic rings. The van der Waals surface area contributed by atoms with E-state index in [0.29, 0.717) is 12.8 Å². The predicted molar refractivity (Wildman–Crippen MR) is 49.8 cm³/mol. The largest absolute Gasteiger partial charge is 0.427 e. The van der Waals surface area contributed by atoms with Gasteiger partial charge in [-0.15, -0.1) is 5.10 Å². The van der Waals surface area contributed by atoms with E-state index in [1.165, 1.54) is 0 Å². The smallest absolute Gasteiger partial charge is 0.229 e. The van der Waals surface area contributed by atoms with Gasteiger partial charge in [0.25, 0.3) is 6.17 Å². The van der Waals surface area contributed by atoms with Gasteiger partial charge in [-0.1, -0.05) is 19.3 Å². The molecular weight excluding hydrogens is 240 g/mol. The van der Waals surface area contributed by atoms with E-state index in [-0.39, 0.29) is 6.04 Å². The first-order valence-corrected chi connectivity index (χ1v) is 5.48. The third-order valence-corrected chi connectivity index (χ3v) is 2.95. The molecule has 0 amide bonds. The summed E-state index contributed by atoms with van der Waals surface area (Å²) >= 11 is 0. The van der Waals surface area contributed by atoms with E-state index in [0.717, 1.165) is 23.9 Å². The molecule has 0 radical (unpaired) electrons. The maximum atomic E-state index is 13.2. The SMILES string of the molecule is FC(c1nnnn1C1CCCCC1)C(F)(F)F. The third-order valence-electron chi connectivity index (χ3n) is 2.95. The Hall–Kier alpha value is -1.21. The third kappa shape index (κ3) is 2.55. The standard InChI is InChI=1S/C9H12F4N4/c10-7(9(11,12)13)8-14-15-16-17(8)6-4-2-1-3-5-6/h6-7H,1-5H2. The van der Waals surface area contributed by atoms with Crippen LogP contribution in [0.25, 0.3) is 0 Å². The first-order valence-electron chi connectivity index (χ1n) is 5.48. The highest BCUT2D eigenvalue weighted by Gasteiger charge is 2.45. The molecule has 0 aromatic carbocycles. The number of aromatic nitrogens is 4. The Balaban J connectivity index is 2.21. The van der Waals surface area contributed by atoms with Gasteiger partial charge in [-0.25, -0.2) is 9.07 Å². The maximum absolute atomic E-state index is 13.2. The average Bonchev–Trinajstić information content (AvgIpc) is 2.76. The molecule has 1 aromatic heterocycles. The van der Waals surface area contributed by atoms with Crippen LogP contribution < -0.4 is 0 Å². The van der Waals surface area contributed by atoms with Gasteiger partial charge in [-0.05, 0) is 23.3 Å². The van der Waals surface area contributed by atoms with Crippen molar-refractivity contribution in [3.05, 3.63) is 5.82 Å². The van der Waals surface area contributed by atoms with Gasteiger partial charge in [0, 0.05) is 0 Å². The fourth-order valence-corrected chi connectivity index (χ4v) is 2.10. The molecule has 8 heteroatoms. The number of rotatable bonds is 2. The topological polar surface area (TPSA) is 43.6 Å². The Labute approximate surface area is 95.0 Å². The molecular formula is C9H12F4N4. The van der Waals surface area contributed by atoms with Crippen molar-refractivity contribution in [2.45, 2.75) is 50.5 Å². The summed E-state index contributed by atoms with van der Waals surface area (Å²) in [6.45, 7) is 0. The Morgan fingerprint density at radius 2 is 1.82 bits per heavy atom. The summed E-state index contributed by atoms with van der Waals surface area (Å²) in [6, 6.07) is -0.214. The summed E-state index contributed by atoms with van der Waals surface area (Å²) in [7, 11) is 0. The zero-order chi connectivity index (χ0) is 12.5. The molecule has 1 heterocycles. The van der Waals surface area contributed by atoms with Gasteiger partial charge >= 0.3 is 6.18 Å². The van der Waals surface area contributed by atoms with Crippen molar-refractivity contribution in [3.8, 4) is 0 Å². The molecule has 1 fully saturated rings. The fourth-order valence-electron chi connectivity index (χ4n) is 2.10. The van der Waals surface area contributed by atoms with Crippen molar-refractivity contribution in [3.63, 3.8) is 0 Å². The Morgan fingerprint density at radius 1 is 1.18 bits per heavy atom. The lowest BCUT2D eigenvalue weighted by Crippen LogP contribution is -2.24. The molecule has 0 bridgehead atoms. The van der Waals surface area contributed by atoms with Gasteiger partial charge in [0.15, 0.2) is 5.82 Å². The van der Waals surface area contributed by atoms with E-state index < -0.39 is 18.2 Å². The highest BCUT2D eigenvalue weighted by atomic mass is 19.4. The number of alkyl halides is 4. The second-order valence-electron chi connectivity index (χ2n) is 4.18. The van der Waals surface area contributed by atoms with E-state index in [1.54, 1.807) is 0 Å². The van der Waals surface area contributed by atoms with Crippen molar-refractivity contribution >= 4 is 0 Å². The fraction of sp³-hybridized carbons (Fsp3) is 0.889. The molecule has 1 aromatic rings. The normalized spacial score (nSPS) is 20.5. The molecule has 0 spiro atoms. The van der Waals surface area contributed by atoms with E-state index in [1.807, 2.05) is 0 Å². The summed E-state index contributed by atoms with van der Waals surface area (Å²) in [5, 5.41) is 9.81. The molecule has 1 saturated carbocycles. The van der Waals surface area contributed by atoms with Crippen LogP contribution in [-0.2, 0) is 0 Å². The first kappa shape index (κ1) is 12.3. The van der Waals surface area contributed by atoms with Crippen LogP contribution in [0.4, 0.5) is 17.6 Å². The maximum Gasteiger partial charge on any atom is 0.427 e. The molecule has 4 nitrogen and oxygen atoms in total. The second kappa shape index (κ2) is 4.58. The van der Waals surface area contributed by atoms with Crippen molar-refractivity contribution in [2.75, 3.05) is 0 Å². The van der Waals surface area contributed by atoms with Crippen molar-refractivity contribution in [2.24, 2.45) is 0 Å². The molecule has 0 aliphatic heterocycles. The zero-order valence-corrected chi connectivity index (χ0v) is 8.99. The molecule has 1 unspecified atom stereocenters. The highest BCUT2D eigenvalue weighted by Crippen LogP contribution is 2.37. The lowest BCUT2D eigenvalue weighted by molar-refractivity contribution is -0.186. The first-order chi connectivity index (χ1) is 8.00. The van der Waals surface area contributed by atoms with E-state index in [2.05, 4.69) is 15.5 Å². The van der Waals surface area contributed by atoms with E-state index in [4.69, 9.17) is 0 Å². The molecule has 1 atom stereocenters. The average molecular weight is 252 g/mol. The predicted octanol–water partition coefficient (Wildman–Crippen LogP) is 2.75. The van der Waals surface area contributed by atoms with Crippen LogP contribution in [0.5, 0.6) is 0 Å². The molecule has 2 rings (SSSR count). The lowest BCUT2D eigenvalue weighted by atomic mass is 9.95. The van der Waals surface area contributed by atoms with Gasteiger partial charge in [0.2, 0.25) is 0 Å². The van der Waals surface area contributed by atoms with Crippen LogP contribution in [0, 0.1) is 0 Å². The summed E-state index contributed by atoms with van der Waals surface area (Å²) in [4.78, 5) is 0. The zero-order valence-electron chi connectivity index (χ0n) is 8.99. The molecule has 96 valence electrons. The number of hydrogen-bond donors (Lipinski definition) is 0. The Morgan fingerprint density at radius 3 is 2.41 bits per heavy atom. The van der Waals surface area contributed by atoms with Crippen LogP contribution in [0.1, 0.15) is 50.1 Å². The minimum atomic E-state index is -4.96. The van der Waals surface area contributed by atoms with Crippen LogP contribution in [0.15, 0.2) is 0 Å². The van der Waals surface area contributed by atoms with Gasteiger partial charge in [-0.3, -0.25) is 0 Å².